The van der Waals surface area contributed by atoms with Crippen LogP contribution in [0.2, 0.25) is 0 Å². The van der Waals surface area contributed by atoms with Gasteiger partial charge in [-0.15, -0.1) is 5.10 Å². The average molecular weight is 386 g/mol. The summed E-state index contributed by atoms with van der Waals surface area (Å²) in [5.41, 5.74) is 7.12. The van der Waals surface area contributed by atoms with Crippen molar-refractivity contribution in [2.45, 2.75) is 0 Å². The van der Waals surface area contributed by atoms with Gasteiger partial charge >= 0.3 is 0 Å². The number of nitrogens with zero attached hydrogens (tertiary/aromatic N) is 3. The van der Waals surface area contributed by atoms with Crippen molar-refractivity contribution in [3.05, 3.63) is 64.9 Å². The second-order valence-electron chi connectivity index (χ2n) is 5.06. The smallest absolute Gasteiger partial charge is 0.291 e. The summed E-state index contributed by atoms with van der Waals surface area (Å²) in [6.07, 6.45) is 0. The van der Waals surface area contributed by atoms with Gasteiger partial charge < -0.3 is 11.1 Å². The summed E-state index contributed by atoms with van der Waals surface area (Å²) in [6.45, 7) is 0.747. The van der Waals surface area contributed by atoms with E-state index in [4.69, 9.17) is 5.73 Å². The average Bonchev–Trinajstić information content (AvgIpc) is 3.06. The summed E-state index contributed by atoms with van der Waals surface area (Å²) >= 11 is 3.42. The molecule has 0 atom stereocenters. The highest BCUT2D eigenvalue weighted by Crippen LogP contribution is 2.22. The van der Waals surface area contributed by atoms with Crippen molar-refractivity contribution in [2.75, 3.05) is 13.1 Å². The highest BCUT2D eigenvalue weighted by Gasteiger charge is 2.18. The van der Waals surface area contributed by atoms with E-state index in [0.717, 1.165) is 15.7 Å². The fraction of sp³-hybridized carbons (Fsp3) is 0.118. The maximum absolute atomic E-state index is 12.2. The van der Waals surface area contributed by atoms with Gasteiger partial charge in [0.2, 0.25) is 5.82 Å². The van der Waals surface area contributed by atoms with Crippen LogP contribution >= 0.6 is 15.9 Å². The van der Waals surface area contributed by atoms with Gasteiger partial charge in [-0.25, -0.2) is 9.67 Å². The predicted octanol–water partition coefficient (Wildman–Crippen LogP) is 2.39. The first-order valence-electron chi connectivity index (χ1n) is 7.45. The van der Waals surface area contributed by atoms with E-state index in [0.29, 0.717) is 18.9 Å². The van der Waals surface area contributed by atoms with Gasteiger partial charge in [0.15, 0.2) is 5.82 Å². The predicted molar refractivity (Wildman–Crippen MR) is 95.9 cm³/mol. The number of amides is 1. The summed E-state index contributed by atoms with van der Waals surface area (Å²) in [5, 5.41) is 7.07. The van der Waals surface area contributed by atoms with Crippen molar-refractivity contribution in [1.29, 1.82) is 0 Å². The van der Waals surface area contributed by atoms with Crippen LogP contribution in [0, 0.1) is 0 Å². The third kappa shape index (κ3) is 3.52. The van der Waals surface area contributed by atoms with E-state index in [1.165, 1.54) is 0 Å². The number of hydrogen-bond acceptors (Lipinski definition) is 4. The first-order valence-corrected chi connectivity index (χ1v) is 8.25. The molecule has 2 aromatic carbocycles. The van der Waals surface area contributed by atoms with E-state index < -0.39 is 0 Å². The van der Waals surface area contributed by atoms with Crippen molar-refractivity contribution in [1.82, 2.24) is 20.1 Å². The molecular formula is C17H16BrN5O. The third-order valence-electron chi connectivity index (χ3n) is 3.34. The lowest BCUT2D eigenvalue weighted by Crippen LogP contribution is -2.29. The molecule has 122 valence electrons. The van der Waals surface area contributed by atoms with E-state index in [9.17, 15) is 4.79 Å². The van der Waals surface area contributed by atoms with E-state index in [-0.39, 0.29) is 11.7 Å². The first kappa shape index (κ1) is 16.4. The van der Waals surface area contributed by atoms with Gasteiger partial charge in [0.1, 0.15) is 0 Å². The topological polar surface area (TPSA) is 85.8 Å². The maximum Gasteiger partial charge on any atom is 0.291 e. The SMILES string of the molecule is NCCNC(=O)c1nc(-c2ccccc2)n(-c2ccc(Br)cc2)n1. The Hall–Kier alpha value is -2.51. The Bertz CT molecular complexity index is 830. The molecule has 0 spiro atoms. The molecule has 1 amide bonds. The molecule has 0 aliphatic heterocycles. The van der Waals surface area contributed by atoms with Crippen molar-refractivity contribution >= 4 is 21.8 Å². The summed E-state index contributed by atoms with van der Waals surface area (Å²) in [5.74, 6) is 0.384. The van der Waals surface area contributed by atoms with E-state index >= 15 is 0 Å². The van der Waals surface area contributed by atoms with E-state index in [1.54, 1.807) is 4.68 Å². The molecule has 3 rings (SSSR count). The number of halogens is 1. The van der Waals surface area contributed by atoms with Crippen LogP contribution in [0.25, 0.3) is 17.1 Å². The fourth-order valence-electron chi connectivity index (χ4n) is 2.21. The van der Waals surface area contributed by atoms with Crippen LogP contribution in [0.5, 0.6) is 0 Å². The van der Waals surface area contributed by atoms with Crippen LogP contribution in [0.4, 0.5) is 0 Å². The molecule has 0 radical (unpaired) electrons. The number of carbonyl (C=O) groups excluding carboxylic acids is 1. The van der Waals surface area contributed by atoms with Crippen molar-refractivity contribution in [3.63, 3.8) is 0 Å². The lowest BCUT2D eigenvalue weighted by atomic mass is 10.2. The van der Waals surface area contributed by atoms with Gasteiger partial charge in [-0.2, -0.15) is 0 Å². The Kier molecular flexibility index (Phi) is 5.02. The number of nitrogens with one attached hydrogen (secondary N) is 1. The largest absolute Gasteiger partial charge is 0.348 e. The summed E-state index contributed by atoms with van der Waals surface area (Å²) in [6, 6.07) is 17.3. The zero-order chi connectivity index (χ0) is 16.9. The second kappa shape index (κ2) is 7.37. The van der Waals surface area contributed by atoms with Gasteiger partial charge in [0.05, 0.1) is 5.69 Å². The highest BCUT2D eigenvalue weighted by molar-refractivity contribution is 9.10. The van der Waals surface area contributed by atoms with Crippen LogP contribution in [-0.2, 0) is 0 Å². The van der Waals surface area contributed by atoms with E-state index in [1.807, 2.05) is 54.6 Å². The molecule has 3 N–H and O–H groups in total. The third-order valence-corrected chi connectivity index (χ3v) is 3.87. The van der Waals surface area contributed by atoms with Gasteiger partial charge in [-0.1, -0.05) is 46.3 Å². The Morgan fingerprint density at radius 2 is 1.83 bits per heavy atom. The molecule has 24 heavy (non-hydrogen) atoms. The van der Waals surface area contributed by atoms with Gasteiger partial charge in [-0.3, -0.25) is 4.79 Å². The number of hydrogen-bond donors (Lipinski definition) is 2. The number of benzene rings is 2. The lowest BCUT2D eigenvalue weighted by Gasteiger charge is -2.05. The zero-order valence-corrected chi connectivity index (χ0v) is 14.4. The Balaban J connectivity index is 2.06. The lowest BCUT2D eigenvalue weighted by molar-refractivity contribution is 0.0944. The molecular weight excluding hydrogens is 370 g/mol. The zero-order valence-electron chi connectivity index (χ0n) is 12.8. The van der Waals surface area contributed by atoms with Crippen molar-refractivity contribution < 1.29 is 4.79 Å². The van der Waals surface area contributed by atoms with Crippen LogP contribution in [0.1, 0.15) is 10.6 Å². The molecule has 6 nitrogen and oxygen atoms in total. The number of rotatable bonds is 5. The molecule has 0 aliphatic rings. The van der Waals surface area contributed by atoms with Crippen molar-refractivity contribution in [2.24, 2.45) is 5.73 Å². The minimum Gasteiger partial charge on any atom is -0.348 e. The fourth-order valence-corrected chi connectivity index (χ4v) is 2.47. The molecule has 0 saturated heterocycles. The van der Waals surface area contributed by atoms with Crippen LogP contribution in [0.3, 0.4) is 0 Å². The molecule has 0 fully saturated rings. The minimum atomic E-state index is -0.339. The van der Waals surface area contributed by atoms with Gasteiger partial charge in [0.25, 0.3) is 5.91 Å². The number of aromatic nitrogens is 3. The van der Waals surface area contributed by atoms with Gasteiger partial charge in [-0.05, 0) is 24.3 Å². The number of carbonyl (C=O) groups is 1. The van der Waals surface area contributed by atoms with Crippen molar-refractivity contribution in [3.8, 4) is 17.1 Å². The maximum atomic E-state index is 12.2. The Labute approximate surface area is 147 Å². The number of nitrogens with two attached hydrogens (primary N) is 1. The molecule has 1 heterocycles. The summed E-state index contributed by atoms with van der Waals surface area (Å²) in [4.78, 5) is 16.6. The second-order valence-corrected chi connectivity index (χ2v) is 5.97. The molecule has 0 unspecified atom stereocenters. The molecule has 3 aromatic rings. The Morgan fingerprint density at radius 1 is 1.12 bits per heavy atom. The van der Waals surface area contributed by atoms with Crippen LogP contribution in [-0.4, -0.2) is 33.8 Å². The van der Waals surface area contributed by atoms with Crippen LogP contribution in [0.15, 0.2) is 59.1 Å². The van der Waals surface area contributed by atoms with E-state index in [2.05, 4.69) is 31.3 Å². The molecule has 0 bridgehead atoms. The Morgan fingerprint density at radius 3 is 2.50 bits per heavy atom. The summed E-state index contributed by atoms with van der Waals surface area (Å²) < 4.78 is 2.63. The van der Waals surface area contributed by atoms with Crippen LogP contribution < -0.4 is 11.1 Å². The summed E-state index contributed by atoms with van der Waals surface area (Å²) in [7, 11) is 0. The first-order chi connectivity index (χ1) is 11.7. The normalized spacial score (nSPS) is 10.6. The monoisotopic (exact) mass is 385 g/mol. The minimum absolute atomic E-state index is 0.116. The quantitative estimate of drug-likeness (QED) is 0.705. The standard InChI is InChI=1S/C17H16BrN5O/c18-13-6-8-14(9-7-13)23-16(12-4-2-1-3-5-12)21-15(22-23)17(24)20-11-10-19/h1-9H,10-11,19H2,(H,20,24). The molecule has 7 heteroatoms. The molecule has 0 saturated carbocycles. The molecule has 0 aliphatic carbocycles. The van der Waals surface area contributed by atoms with Gasteiger partial charge in [0, 0.05) is 23.1 Å². The molecule has 1 aromatic heterocycles. The highest BCUT2D eigenvalue weighted by atomic mass is 79.9.